The maximum absolute atomic E-state index is 5.20. The summed E-state index contributed by atoms with van der Waals surface area (Å²) in [5, 5.41) is 0. The summed E-state index contributed by atoms with van der Waals surface area (Å²) < 4.78 is 3.12. The van der Waals surface area contributed by atoms with Gasteiger partial charge in [0.25, 0.3) is 0 Å². The van der Waals surface area contributed by atoms with Gasteiger partial charge in [0.05, 0.1) is 0 Å². The van der Waals surface area contributed by atoms with Crippen LogP contribution in [0.1, 0.15) is 31.5 Å². The zero-order valence-corrected chi connectivity index (χ0v) is 8.32. The summed E-state index contributed by atoms with van der Waals surface area (Å²) in [6.45, 7) is 4.40. The molecule has 1 N–H and O–H groups in total. The van der Waals surface area contributed by atoms with Crippen LogP contribution in [0, 0.1) is 17.6 Å². The van der Waals surface area contributed by atoms with E-state index >= 15 is 0 Å². The van der Waals surface area contributed by atoms with E-state index < -0.39 is 0 Å². The van der Waals surface area contributed by atoms with Crippen LogP contribution in [0.25, 0.3) is 0 Å². The molecule has 12 heavy (non-hydrogen) atoms. The molecule has 2 nitrogen and oxygen atoms in total. The molecule has 0 spiro atoms. The van der Waals surface area contributed by atoms with Gasteiger partial charge in [-0.05, 0) is 37.9 Å². The number of H-pyrrole nitrogens is 1. The lowest BCUT2D eigenvalue weighted by Gasteiger charge is -2.34. The number of aryl methyl sites for hydroxylation is 1. The summed E-state index contributed by atoms with van der Waals surface area (Å²) in [5.74, 6) is 0.881. The number of nitrogens with one attached hydrogen (secondary N) is 1. The van der Waals surface area contributed by atoms with Crippen molar-refractivity contribution >= 4 is 12.2 Å². The van der Waals surface area contributed by atoms with E-state index in [1.54, 1.807) is 0 Å². The average Bonchev–Trinajstić information content (AvgIpc) is 2.26. The number of hydrogen-bond donors (Lipinski definition) is 1. The number of imidazole rings is 1. The first-order valence-corrected chi connectivity index (χ1v) is 4.86. The summed E-state index contributed by atoms with van der Waals surface area (Å²) in [5.41, 5.74) is 1.26. The highest BCUT2D eigenvalue weighted by molar-refractivity contribution is 7.71. The Hall–Kier alpha value is -0.570. The number of hydrogen-bond acceptors (Lipinski definition) is 1. The third kappa shape index (κ3) is 1.12. The predicted molar refractivity (Wildman–Crippen MR) is 51.8 cm³/mol. The number of rotatable bonds is 1. The highest BCUT2D eigenvalue weighted by Crippen LogP contribution is 2.37. The first-order valence-electron chi connectivity index (χ1n) is 4.45. The van der Waals surface area contributed by atoms with Crippen molar-refractivity contribution in [3.63, 3.8) is 0 Å². The summed E-state index contributed by atoms with van der Waals surface area (Å²) in [7, 11) is 0. The molecule has 2 rings (SSSR count). The standard InChI is InChI=1S/C9H14N2S/c1-6-3-8(4-6)11-7(2)5-10-9(11)12/h5-6,8H,3-4H2,1-2H3,(H,10,12). The topological polar surface area (TPSA) is 20.7 Å². The second-order valence-electron chi connectivity index (χ2n) is 3.84. The van der Waals surface area contributed by atoms with E-state index in [0.717, 1.165) is 10.7 Å². The zero-order chi connectivity index (χ0) is 8.72. The van der Waals surface area contributed by atoms with Crippen molar-refractivity contribution in [3.8, 4) is 0 Å². The minimum atomic E-state index is 0.666. The molecule has 0 unspecified atom stereocenters. The lowest BCUT2D eigenvalue weighted by atomic mass is 9.81. The fraction of sp³-hybridized carbons (Fsp3) is 0.667. The van der Waals surface area contributed by atoms with Gasteiger partial charge in [-0.2, -0.15) is 0 Å². The van der Waals surface area contributed by atoms with Crippen molar-refractivity contribution in [3.05, 3.63) is 16.7 Å². The van der Waals surface area contributed by atoms with Crippen molar-refractivity contribution in [2.75, 3.05) is 0 Å². The van der Waals surface area contributed by atoms with Gasteiger partial charge in [0.1, 0.15) is 0 Å². The van der Waals surface area contributed by atoms with E-state index in [-0.39, 0.29) is 0 Å². The summed E-state index contributed by atoms with van der Waals surface area (Å²) >= 11 is 5.20. The SMILES string of the molecule is Cc1c[nH]c(=S)n1C1CC(C)C1. The summed E-state index contributed by atoms with van der Waals surface area (Å²) in [4.78, 5) is 3.08. The molecular weight excluding hydrogens is 168 g/mol. The minimum absolute atomic E-state index is 0.666. The number of aromatic amines is 1. The Morgan fingerprint density at radius 1 is 1.58 bits per heavy atom. The number of aromatic nitrogens is 2. The highest BCUT2D eigenvalue weighted by atomic mass is 32.1. The molecule has 1 aliphatic carbocycles. The Morgan fingerprint density at radius 2 is 2.25 bits per heavy atom. The molecule has 0 aromatic carbocycles. The lowest BCUT2D eigenvalue weighted by Crippen LogP contribution is -2.25. The summed E-state index contributed by atoms with van der Waals surface area (Å²) in [6.07, 6.45) is 4.56. The molecule has 0 bridgehead atoms. The fourth-order valence-corrected chi connectivity index (χ4v) is 2.34. The van der Waals surface area contributed by atoms with Crippen molar-refractivity contribution in [1.82, 2.24) is 9.55 Å². The van der Waals surface area contributed by atoms with Crippen LogP contribution < -0.4 is 0 Å². The van der Waals surface area contributed by atoms with Gasteiger partial charge in [-0.3, -0.25) is 0 Å². The van der Waals surface area contributed by atoms with E-state index in [9.17, 15) is 0 Å². The van der Waals surface area contributed by atoms with E-state index in [0.29, 0.717) is 6.04 Å². The maximum atomic E-state index is 5.20. The molecular formula is C9H14N2S. The third-order valence-electron chi connectivity index (χ3n) is 2.72. The molecule has 1 aromatic rings. The van der Waals surface area contributed by atoms with Gasteiger partial charge in [0.15, 0.2) is 4.77 Å². The fourth-order valence-electron chi connectivity index (χ4n) is 1.99. The van der Waals surface area contributed by atoms with Gasteiger partial charge < -0.3 is 9.55 Å². The first-order chi connectivity index (χ1) is 5.68. The second kappa shape index (κ2) is 2.73. The van der Waals surface area contributed by atoms with Crippen LogP contribution in [0.15, 0.2) is 6.20 Å². The predicted octanol–water partition coefficient (Wildman–Crippen LogP) is 2.83. The van der Waals surface area contributed by atoms with Gasteiger partial charge in [0, 0.05) is 17.9 Å². The van der Waals surface area contributed by atoms with Crippen molar-refractivity contribution in [2.24, 2.45) is 5.92 Å². The molecule has 1 aliphatic rings. The Bertz CT molecular complexity index is 331. The monoisotopic (exact) mass is 182 g/mol. The van der Waals surface area contributed by atoms with Gasteiger partial charge in [-0.1, -0.05) is 6.92 Å². The largest absolute Gasteiger partial charge is 0.337 e. The second-order valence-corrected chi connectivity index (χ2v) is 4.22. The molecule has 66 valence electrons. The van der Waals surface area contributed by atoms with Crippen molar-refractivity contribution in [2.45, 2.75) is 32.7 Å². The Balaban J connectivity index is 2.28. The zero-order valence-electron chi connectivity index (χ0n) is 7.50. The van der Waals surface area contributed by atoms with Crippen LogP contribution in [-0.2, 0) is 0 Å². The van der Waals surface area contributed by atoms with E-state index in [2.05, 4.69) is 23.4 Å². The molecule has 1 aromatic heterocycles. The molecule has 0 atom stereocenters. The van der Waals surface area contributed by atoms with E-state index in [1.165, 1.54) is 18.5 Å². The highest BCUT2D eigenvalue weighted by Gasteiger charge is 2.27. The van der Waals surface area contributed by atoms with Crippen LogP contribution in [0.2, 0.25) is 0 Å². The maximum Gasteiger partial charge on any atom is 0.177 e. The minimum Gasteiger partial charge on any atom is -0.337 e. The summed E-state index contributed by atoms with van der Waals surface area (Å²) in [6, 6.07) is 0.666. The Labute approximate surface area is 77.6 Å². The molecule has 1 saturated carbocycles. The number of nitrogens with zero attached hydrogens (tertiary/aromatic N) is 1. The molecule has 0 aliphatic heterocycles. The molecule has 0 radical (unpaired) electrons. The molecule has 1 fully saturated rings. The van der Waals surface area contributed by atoms with E-state index in [4.69, 9.17) is 12.2 Å². The van der Waals surface area contributed by atoms with Crippen LogP contribution in [0.4, 0.5) is 0 Å². The average molecular weight is 182 g/mol. The van der Waals surface area contributed by atoms with Crippen LogP contribution >= 0.6 is 12.2 Å². The Kier molecular flexibility index (Phi) is 1.83. The van der Waals surface area contributed by atoms with Crippen molar-refractivity contribution in [1.29, 1.82) is 0 Å². The molecule has 0 amide bonds. The van der Waals surface area contributed by atoms with Gasteiger partial charge in [-0.25, -0.2) is 0 Å². The lowest BCUT2D eigenvalue weighted by molar-refractivity contribution is 0.212. The first kappa shape index (κ1) is 8.05. The molecule has 3 heteroatoms. The Morgan fingerprint density at radius 3 is 2.67 bits per heavy atom. The van der Waals surface area contributed by atoms with Crippen LogP contribution in [-0.4, -0.2) is 9.55 Å². The quantitative estimate of drug-likeness (QED) is 0.662. The third-order valence-corrected chi connectivity index (χ3v) is 3.03. The van der Waals surface area contributed by atoms with Crippen LogP contribution in [0.5, 0.6) is 0 Å². The normalized spacial score (nSPS) is 28.5. The van der Waals surface area contributed by atoms with E-state index in [1.807, 2.05) is 6.20 Å². The van der Waals surface area contributed by atoms with Crippen LogP contribution in [0.3, 0.4) is 0 Å². The smallest absolute Gasteiger partial charge is 0.177 e. The van der Waals surface area contributed by atoms with Gasteiger partial charge in [0.2, 0.25) is 0 Å². The van der Waals surface area contributed by atoms with Gasteiger partial charge in [-0.15, -0.1) is 0 Å². The molecule has 1 heterocycles. The van der Waals surface area contributed by atoms with Gasteiger partial charge >= 0.3 is 0 Å². The van der Waals surface area contributed by atoms with Crippen molar-refractivity contribution < 1.29 is 0 Å². The molecule has 0 saturated heterocycles.